The molecule has 0 bridgehead atoms. The number of anilines is 3. The number of para-hydroxylation sites is 2. The third-order valence-corrected chi connectivity index (χ3v) is 4.17. The van der Waals surface area contributed by atoms with Gasteiger partial charge in [-0.1, -0.05) is 48.0 Å². The van der Waals surface area contributed by atoms with E-state index in [2.05, 4.69) is 10.7 Å². The molecule has 0 amide bonds. The number of hydrazine groups is 1. The minimum Gasteiger partial charge on any atom is -0.330 e. The van der Waals surface area contributed by atoms with Gasteiger partial charge in [0.1, 0.15) is 0 Å². The van der Waals surface area contributed by atoms with Crippen LogP contribution in [-0.4, -0.2) is 10.0 Å². The van der Waals surface area contributed by atoms with Crippen LogP contribution >= 0.6 is 23.8 Å². The second-order valence-corrected chi connectivity index (χ2v) is 6.31. The van der Waals surface area contributed by atoms with Crippen LogP contribution in [0, 0.1) is 10.1 Å². The van der Waals surface area contributed by atoms with Crippen LogP contribution in [0.2, 0.25) is 5.02 Å². The normalized spacial score (nSPS) is 10.1. The van der Waals surface area contributed by atoms with E-state index in [1.54, 1.807) is 5.01 Å². The highest BCUT2D eigenvalue weighted by Crippen LogP contribution is 2.27. The Morgan fingerprint density at radius 3 is 2.04 bits per heavy atom. The number of nitrogens with one attached hydrogen (secondary N) is 2. The van der Waals surface area contributed by atoms with Crippen molar-refractivity contribution in [2.75, 3.05) is 10.3 Å². The highest BCUT2D eigenvalue weighted by Gasteiger charge is 2.14. The fraction of sp³-hybridized carbons (Fsp3) is 0. The summed E-state index contributed by atoms with van der Waals surface area (Å²) in [6.45, 7) is 0. The molecule has 3 rings (SSSR count). The zero-order valence-corrected chi connectivity index (χ0v) is 15.6. The van der Waals surface area contributed by atoms with Crippen molar-refractivity contribution in [3.8, 4) is 0 Å². The van der Waals surface area contributed by atoms with Crippen molar-refractivity contribution in [1.29, 1.82) is 0 Å². The molecule has 0 aliphatic rings. The van der Waals surface area contributed by atoms with Gasteiger partial charge in [-0.3, -0.25) is 20.5 Å². The van der Waals surface area contributed by atoms with Crippen molar-refractivity contribution < 1.29 is 4.92 Å². The van der Waals surface area contributed by atoms with Crippen molar-refractivity contribution in [2.24, 2.45) is 0 Å². The fourth-order valence-corrected chi connectivity index (χ4v) is 2.77. The summed E-state index contributed by atoms with van der Waals surface area (Å²) in [6.07, 6.45) is 0. The van der Waals surface area contributed by atoms with Crippen LogP contribution in [0.5, 0.6) is 0 Å². The average Bonchev–Trinajstić information content (AvgIpc) is 2.69. The number of benzene rings is 3. The maximum absolute atomic E-state index is 11.0. The van der Waals surface area contributed by atoms with Crippen LogP contribution < -0.4 is 15.8 Å². The third-order valence-electron chi connectivity index (χ3n) is 3.65. The average molecular weight is 399 g/mol. The molecule has 0 saturated carbocycles. The summed E-state index contributed by atoms with van der Waals surface area (Å²) in [5.41, 5.74) is 5.12. The van der Waals surface area contributed by atoms with Crippen molar-refractivity contribution in [3.63, 3.8) is 0 Å². The highest BCUT2D eigenvalue weighted by atomic mass is 35.5. The van der Waals surface area contributed by atoms with Gasteiger partial charge in [-0.25, -0.2) is 0 Å². The molecule has 0 unspecified atom stereocenters. The van der Waals surface area contributed by atoms with Gasteiger partial charge in [0.25, 0.3) is 5.69 Å². The Morgan fingerprint density at radius 1 is 0.963 bits per heavy atom. The first-order valence-electron chi connectivity index (χ1n) is 7.96. The molecule has 3 aromatic rings. The maximum Gasteiger partial charge on any atom is 0.271 e. The fourth-order valence-electron chi connectivity index (χ4n) is 2.41. The number of rotatable bonds is 5. The monoisotopic (exact) mass is 398 g/mol. The Balaban J connectivity index is 1.84. The van der Waals surface area contributed by atoms with E-state index in [1.807, 2.05) is 60.7 Å². The van der Waals surface area contributed by atoms with E-state index in [1.165, 1.54) is 18.2 Å². The first-order valence-corrected chi connectivity index (χ1v) is 8.75. The summed E-state index contributed by atoms with van der Waals surface area (Å²) in [4.78, 5) is 10.5. The molecule has 0 aliphatic heterocycles. The van der Waals surface area contributed by atoms with Gasteiger partial charge in [-0.2, -0.15) is 0 Å². The second-order valence-electron chi connectivity index (χ2n) is 5.49. The number of hydrogen-bond acceptors (Lipinski definition) is 4. The SMILES string of the molecule is O=[N+]([O-])c1ccc(Cl)c(NC(=S)NN(c2ccccc2)c2ccccc2)c1. The number of halogens is 1. The Hall–Kier alpha value is -3.16. The highest BCUT2D eigenvalue weighted by molar-refractivity contribution is 7.80. The van der Waals surface area contributed by atoms with Crippen LogP contribution in [0.3, 0.4) is 0 Å². The van der Waals surface area contributed by atoms with Crippen molar-refractivity contribution in [1.82, 2.24) is 5.43 Å². The molecule has 3 aromatic carbocycles. The summed E-state index contributed by atoms with van der Waals surface area (Å²) < 4.78 is 0. The smallest absolute Gasteiger partial charge is 0.271 e. The van der Waals surface area contributed by atoms with E-state index in [-0.39, 0.29) is 10.8 Å². The van der Waals surface area contributed by atoms with Crippen molar-refractivity contribution >= 4 is 51.7 Å². The summed E-state index contributed by atoms with van der Waals surface area (Å²) >= 11 is 11.5. The van der Waals surface area contributed by atoms with Crippen LogP contribution in [0.4, 0.5) is 22.7 Å². The predicted molar refractivity (Wildman–Crippen MR) is 112 cm³/mol. The minimum atomic E-state index is -0.488. The first-order chi connectivity index (χ1) is 13.0. The van der Waals surface area contributed by atoms with E-state index >= 15 is 0 Å². The van der Waals surface area contributed by atoms with Gasteiger partial charge in [0.2, 0.25) is 0 Å². The molecule has 0 saturated heterocycles. The molecule has 8 heteroatoms. The van der Waals surface area contributed by atoms with E-state index in [0.29, 0.717) is 10.7 Å². The lowest BCUT2D eigenvalue weighted by Crippen LogP contribution is -2.41. The van der Waals surface area contributed by atoms with Gasteiger partial charge in [0.15, 0.2) is 5.11 Å². The van der Waals surface area contributed by atoms with E-state index in [4.69, 9.17) is 23.8 Å². The van der Waals surface area contributed by atoms with Gasteiger partial charge < -0.3 is 5.32 Å². The van der Waals surface area contributed by atoms with Gasteiger partial charge in [-0.05, 0) is 42.5 Å². The van der Waals surface area contributed by atoms with Gasteiger partial charge in [0.05, 0.1) is 27.0 Å². The van der Waals surface area contributed by atoms with Crippen molar-refractivity contribution in [2.45, 2.75) is 0 Å². The zero-order valence-electron chi connectivity index (χ0n) is 14.0. The van der Waals surface area contributed by atoms with Crippen LogP contribution in [0.1, 0.15) is 0 Å². The molecule has 27 heavy (non-hydrogen) atoms. The topological polar surface area (TPSA) is 70.4 Å². The standard InChI is InChI=1S/C19H15ClN4O2S/c20-17-12-11-16(24(25)26)13-18(17)21-19(27)22-23(14-7-3-1-4-8-14)15-9-5-2-6-10-15/h1-13H,(H2,21,22,27). The lowest BCUT2D eigenvalue weighted by atomic mass is 10.2. The summed E-state index contributed by atoms with van der Waals surface area (Å²) in [5.74, 6) is 0. The molecule has 2 N–H and O–H groups in total. The Bertz CT molecular complexity index is 915. The number of hydrogen-bond donors (Lipinski definition) is 2. The molecule has 136 valence electrons. The molecule has 0 aliphatic carbocycles. The number of thiocarbonyl (C=S) groups is 1. The first kappa shape index (κ1) is 18.6. The molecule has 0 heterocycles. The van der Waals surface area contributed by atoms with E-state index < -0.39 is 4.92 Å². The summed E-state index contributed by atoms with van der Waals surface area (Å²) in [5, 5.41) is 16.3. The molecular formula is C19H15ClN4O2S. The largest absolute Gasteiger partial charge is 0.330 e. The zero-order chi connectivity index (χ0) is 19.2. The number of nitrogens with zero attached hydrogens (tertiary/aromatic N) is 2. The quantitative estimate of drug-likeness (QED) is 0.346. The molecule has 0 aromatic heterocycles. The molecule has 6 nitrogen and oxygen atoms in total. The third kappa shape index (κ3) is 4.72. The molecule has 0 fully saturated rings. The van der Waals surface area contributed by atoms with Gasteiger partial charge in [-0.15, -0.1) is 0 Å². The summed E-state index contributed by atoms with van der Waals surface area (Å²) in [6, 6.07) is 23.4. The molecular weight excluding hydrogens is 384 g/mol. The van der Waals surface area contributed by atoms with Gasteiger partial charge >= 0.3 is 0 Å². The second kappa shape index (κ2) is 8.48. The lowest BCUT2D eigenvalue weighted by Gasteiger charge is -2.27. The van der Waals surface area contributed by atoms with E-state index in [9.17, 15) is 10.1 Å². The Morgan fingerprint density at radius 2 is 1.52 bits per heavy atom. The minimum absolute atomic E-state index is 0.0762. The molecule has 0 atom stereocenters. The van der Waals surface area contributed by atoms with E-state index in [0.717, 1.165) is 11.4 Å². The molecule has 0 radical (unpaired) electrons. The van der Waals surface area contributed by atoms with Crippen LogP contribution in [0.25, 0.3) is 0 Å². The number of non-ortho nitro benzene ring substituents is 1. The number of nitro benzene ring substituents is 1. The predicted octanol–water partition coefficient (Wildman–Crippen LogP) is 5.29. The Labute approximate surface area is 166 Å². The maximum atomic E-state index is 11.0. The summed E-state index contributed by atoms with van der Waals surface area (Å²) in [7, 11) is 0. The van der Waals surface area contributed by atoms with Crippen molar-refractivity contribution in [3.05, 3.63) is 94.0 Å². The lowest BCUT2D eigenvalue weighted by molar-refractivity contribution is -0.384. The van der Waals surface area contributed by atoms with Crippen LogP contribution in [0.15, 0.2) is 78.9 Å². The van der Waals surface area contributed by atoms with Gasteiger partial charge in [0, 0.05) is 12.1 Å². The number of nitro groups is 1. The molecule has 0 spiro atoms. The Kier molecular flexibility index (Phi) is 5.85. The van der Waals surface area contributed by atoms with Crippen LogP contribution in [-0.2, 0) is 0 Å².